The van der Waals surface area contributed by atoms with Crippen molar-refractivity contribution < 1.29 is 14.3 Å². The van der Waals surface area contributed by atoms with Crippen molar-refractivity contribution in [1.82, 2.24) is 19.3 Å². The number of fused-ring (bicyclic) bond motifs is 2. The third-order valence-corrected chi connectivity index (χ3v) is 6.80. The van der Waals surface area contributed by atoms with E-state index in [0.29, 0.717) is 29.7 Å². The number of hydrogen-bond donors (Lipinski definition) is 0. The Morgan fingerprint density at radius 1 is 1.22 bits per heavy atom. The first-order valence-corrected chi connectivity index (χ1v) is 12.6. The fraction of sp³-hybridized carbons (Fsp3) is 0.379. The van der Waals surface area contributed by atoms with E-state index in [2.05, 4.69) is 17.0 Å². The molecule has 0 bridgehead atoms. The standard InChI is InChI=1S/C29H32N4O4/c1-18-20-10-8-14-36-23(20)12-11-21(18)25-22-15-31-33(16-19-9-6-7-13-30-19)26(22)28(35)32(5)27(25)24(17-34)37-29(2,3)4/h6-7,9,11-13,15,17,24H,8,10,14,16H2,1-5H3. The minimum absolute atomic E-state index is 0.245. The number of aromatic nitrogens is 4. The highest BCUT2D eigenvalue weighted by Gasteiger charge is 2.30. The van der Waals surface area contributed by atoms with Crippen LogP contribution in [0, 0.1) is 6.92 Å². The van der Waals surface area contributed by atoms with Crippen LogP contribution in [-0.2, 0) is 29.5 Å². The van der Waals surface area contributed by atoms with Gasteiger partial charge in [-0.1, -0.05) is 12.1 Å². The van der Waals surface area contributed by atoms with Crippen molar-refractivity contribution >= 4 is 17.2 Å². The van der Waals surface area contributed by atoms with Crippen molar-refractivity contribution in [2.75, 3.05) is 6.61 Å². The lowest BCUT2D eigenvalue weighted by molar-refractivity contribution is -0.129. The molecule has 0 saturated heterocycles. The first-order chi connectivity index (χ1) is 17.7. The number of hydrogen-bond acceptors (Lipinski definition) is 6. The number of benzene rings is 1. The number of carbonyl (C=O) groups excluding carboxylic acids is 1. The summed E-state index contributed by atoms with van der Waals surface area (Å²) in [6, 6.07) is 9.66. The Balaban J connectivity index is 1.82. The highest BCUT2D eigenvalue weighted by molar-refractivity contribution is 5.97. The maximum atomic E-state index is 13.8. The second kappa shape index (κ2) is 9.59. The zero-order chi connectivity index (χ0) is 26.3. The smallest absolute Gasteiger partial charge is 0.276 e. The van der Waals surface area contributed by atoms with Crippen molar-refractivity contribution in [3.8, 4) is 16.9 Å². The van der Waals surface area contributed by atoms with Crippen molar-refractivity contribution in [1.29, 1.82) is 0 Å². The molecule has 192 valence electrons. The van der Waals surface area contributed by atoms with E-state index < -0.39 is 11.7 Å². The van der Waals surface area contributed by atoms with Gasteiger partial charge in [-0.25, -0.2) is 0 Å². The van der Waals surface area contributed by atoms with Crippen molar-refractivity contribution in [2.45, 2.75) is 58.8 Å². The average Bonchev–Trinajstić information content (AvgIpc) is 3.29. The summed E-state index contributed by atoms with van der Waals surface area (Å²) >= 11 is 0. The molecule has 1 aliphatic heterocycles. The molecule has 5 rings (SSSR count). The molecule has 0 spiro atoms. The van der Waals surface area contributed by atoms with Crippen molar-refractivity contribution in [3.05, 3.63) is 75.6 Å². The van der Waals surface area contributed by atoms with Gasteiger partial charge in [-0.2, -0.15) is 5.10 Å². The Bertz CT molecular complexity index is 1530. The van der Waals surface area contributed by atoms with Gasteiger partial charge in [-0.05, 0) is 75.4 Å². The van der Waals surface area contributed by atoms with Crippen molar-refractivity contribution in [3.63, 3.8) is 0 Å². The van der Waals surface area contributed by atoms with Gasteiger partial charge in [-0.15, -0.1) is 0 Å². The monoisotopic (exact) mass is 500 g/mol. The number of rotatable bonds is 6. The van der Waals surface area contributed by atoms with Gasteiger partial charge in [0.05, 0.1) is 36.3 Å². The van der Waals surface area contributed by atoms with Gasteiger partial charge in [-0.3, -0.25) is 14.5 Å². The molecule has 1 aliphatic rings. The molecule has 0 saturated carbocycles. The van der Waals surface area contributed by atoms with Crippen LogP contribution in [0.2, 0.25) is 0 Å². The number of nitrogens with zero attached hydrogens (tertiary/aromatic N) is 4. The number of pyridine rings is 2. The van der Waals surface area contributed by atoms with Gasteiger partial charge in [0.2, 0.25) is 0 Å². The van der Waals surface area contributed by atoms with Gasteiger partial charge in [0, 0.05) is 24.2 Å². The predicted octanol–water partition coefficient (Wildman–Crippen LogP) is 4.53. The number of ether oxygens (including phenoxy) is 2. The van der Waals surface area contributed by atoms with E-state index in [0.717, 1.165) is 52.8 Å². The molecular weight excluding hydrogens is 468 g/mol. The lowest BCUT2D eigenvalue weighted by Crippen LogP contribution is -2.30. The van der Waals surface area contributed by atoms with Gasteiger partial charge >= 0.3 is 0 Å². The highest BCUT2D eigenvalue weighted by atomic mass is 16.5. The molecule has 0 aliphatic carbocycles. The molecule has 8 heteroatoms. The Hall–Kier alpha value is -3.78. The Kier molecular flexibility index (Phi) is 6.45. The summed E-state index contributed by atoms with van der Waals surface area (Å²) in [6.07, 6.45) is 5.12. The molecule has 8 nitrogen and oxygen atoms in total. The minimum Gasteiger partial charge on any atom is -0.493 e. The summed E-state index contributed by atoms with van der Waals surface area (Å²) in [5.74, 6) is 0.888. The zero-order valence-corrected chi connectivity index (χ0v) is 21.9. The van der Waals surface area contributed by atoms with Crippen molar-refractivity contribution in [2.24, 2.45) is 7.05 Å². The Labute approximate surface area is 215 Å². The first-order valence-electron chi connectivity index (χ1n) is 12.6. The second-order valence-electron chi connectivity index (χ2n) is 10.5. The van der Waals surface area contributed by atoms with Crippen LogP contribution >= 0.6 is 0 Å². The molecular formula is C29H32N4O4. The predicted molar refractivity (Wildman–Crippen MR) is 142 cm³/mol. The SMILES string of the molecule is Cc1c(-c2c(C(C=O)OC(C)(C)C)n(C)c(=O)c3c2cnn3Cc2ccccn2)ccc2c1CCCO2. The molecule has 37 heavy (non-hydrogen) atoms. The molecule has 1 aromatic carbocycles. The van der Waals surface area contributed by atoms with Gasteiger partial charge in [0.25, 0.3) is 5.56 Å². The van der Waals surface area contributed by atoms with Crippen LogP contribution in [0.15, 0.2) is 47.5 Å². The van der Waals surface area contributed by atoms with E-state index in [1.807, 2.05) is 51.1 Å². The second-order valence-corrected chi connectivity index (χ2v) is 10.5. The van der Waals surface area contributed by atoms with E-state index >= 15 is 0 Å². The lowest BCUT2D eigenvalue weighted by atomic mass is 9.89. The van der Waals surface area contributed by atoms with E-state index in [9.17, 15) is 9.59 Å². The quantitative estimate of drug-likeness (QED) is 0.362. The largest absolute Gasteiger partial charge is 0.493 e. The molecule has 4 heterocycles. The summed E-state index contributed by atoms with van der Waals surface area (Å²) < 4.78 is 15.3. The topological polar surface area (TPSA) is 88.2 Å². The van der Waals surface area contributed by atoms with E-state index in [1.54, 1.807) is 24.1 Å². The molecule has 0 N–H and O–H groups in total. The van der Waals surface area contributed by atoms with Crippen LogP contribution in [0.5, 0.6) is 5.75 Å². The fourth-order valence-corrected chi connectivity index (χ4v) is 5.16. The normalized spacial score (nSPS) is 14.3. The lowest BCUT2D eigenvalue weighted by Gasteiger charge is -2.28. The summed E-state index contributed by atoms with van der Waals surface area (Å²) in [5, 5.41) is 5.29. The van der Waals surface area contributed by atoms with E-state index in [-0.39, 0.29) is 5.56 Å². The van der Waals surface area contributed by atoms with E-state index in [4.69, 9.17) is 9.47 Å². The van der Waals surface area contributed by atoms with E-state index in [1.165, 1.54) is 4.57 Å². The summed E-state index contributed by atoms with van der Waals surface area (Å²) in [5.41, 5.74) is 4.84. The summed E-state index contributed by atoms with van der Waals surface area (Å²) in [6.45, 7) is 8.81. The van der Waals surface area contributed by atoms with Gasteiger partial charge < -0.3 is 18.8 Å². The summed E-state index contributed by atoms with van der Waals surface area (Å²) in [7, 11) is 1.69. The zero-order valence-electron chi connectivity index (χ0n) is 21.9. The molecule has 0 radical (unpaired) electrons. The highest BCUT2D eigenvalue weighted by Crippen LogP contribution is 2.41. The van der Waals surface area contributed by atoms with Crippen LogP contribution in [0.4, 0.5) is 0 Å². The van der Waals surface area contributed by atoms with Crippen LogP contribution in [0.3, 0.4) is 0 Å². The minimum atomic E-state index is -0.942. The Morgan fingerprint density at radius 3 is 2.73 bits per heavy atom. The average molecular weight is 501 g/mol. The molecule has 4 aromatic rings. The number of carbonyl (C=O) groups is 1. The maximum Gasteiger partial charge on any atom is 0.276 e. The number of aldehydes is 1. The van der Waals surface area contributed by atoms with Crippen LogP contribution < -0.4 is 10.3 Å². The molecule has 1 atom stereocenters. The molecule has 1 unspecified atom stereocenters. The summed E-state index contributed by atoms with van der Waals surface area (Å²) in [4.78, 5) is 30.6. The van der Waals surface area contributed by atoms with Crippen LogP contribution in [-0.4, -0.2) is 37.8 Å². The first kappa shape index (κ1) is 24.9. The maximum absolute atomic E-state index is 13.8. The van der Waals surface area contributed by atoms with Gasteiger partial charge in [0.15, 0.2) is 12.4 Å². The fourth-order valence-electron chi connectivity index (χ4n) is 5.16. The molecule has 0 fully saturated rings. The van der Waals surface area contributed by atoms with Gasteiger partial charge in [0.1, 0.15) is 11.3 Å². The molecule has 3 aromatic heterocycles. The Morgan fingerprint density at radius 2 is 2.03 bits per heavy atom. The third kappa shape index (κ3) is 4.57. The third-order valence-electron chi connectivity index (χ3n) is 6.80. The van der Waals surface area contributed by atoms with Crippen LogP contribution in [0.1, 0.15) is 55.8 Å². The molecule has 0 amide bonds. The van der Waals surface area contributed by atoms with Crippen LogP contribution in [0.25, 0.3) is 22.0 Å².